The Morgan fingerprint density at radius 1 is 1.15 bits per heavy atom. The number of hydrogen-bond acceptors (Lipinski definition) is 3. The third kappa shape index (κ3) is 7.41. The summed E-state index contributed by atoms with van der Waals surface area (Å²) in [6.07, 6.45) is 1.56. The third-order valence-electron chi connectivity index (χ3n) is 2.73. The summed E-state index contributed by atoms with van der Waals surface area (Å²) in [6, 6.07) is 7.76. The van der Waals surface area contributed by atoms with Gasteiger partial charge in [0.1, 0.15) is 5.75 Å². The van der Waals surface area contributed by atoms with Crippen molar-refractivity contribution in [1.82, 2.24) is 5.32 Å². The second kappa shape index (κ2) is 8.96. The number of aliphatic carboxylic acids is 1. The van der Waals surface area contributed by atoms with Crippen LogP contribution < -0.4 is 10.1 Å². The number of carboxylic acid groups (broad SMARTS) is 1. The lowest BCUT2D eigenvalue weighted by Gasteiger charge is -2.07. The molecule has 1 amide bonds. The highest BCUT2D eigenvalue weighted by molar-refractivity contribution is 5.75. The second-order valence-electron chi connectivity index (χ2n) is 4.61. The SMILES string of the molecule is Cc1ccc(OCCCC(=O)NCCCC(=O)O)cc1. The van der Waals surface area contributed by atoms with Crippen molar-refractivity contribution in [2.24, 2.45) is 0 Å². The van der Waals surface area contributed by atoms with Crippen LogP contribution in [0.2, 0.25) is 0 Å². The average Bonchev–Trinajstić information content (AvgIpc) is 2.41. The van der Waals surface area contributed by atoms with Crippen LogP contribution in [0.25, 0.3) is 0 Å². The molecular formula is C15H21NO4. The summed E-state index contributed by atoms with van der Waals surface area (Å²) in [5, 5.41) is 11.1. The molecule has 0 fully saturated rings. The molecule has 0 aliphatic carbocycles. The number of ether oxygens (including phenoxy) is 1. The van der Waals surface area contributed by atoms with Gasteiger partial charge in [-0.1, -0.05) is 17.7 Å². The molecule has 1 aromatic carbocycles. The number of rotatable bonds is 9. The van der Waals surface area contributed by atoms with Crippen molar-refractivity contribution in [2.75, 3.05) is 13.2 Å². The van der Waals surface area contributed by atoms with E-state index in [0.717, 1.165) is 5.75 Å². The fraction of sp³-hybridized carbons (Fsp3) is 0.467. The highest BCUT2D eigenvalue weighted by atomic mass is 16.5. The summed E-state index contributed by atoms with van der Waals surface area (Å²) < 4.78 is 5.51. The van der Waals surface area contributed by atoms with Crippen LogP contribution in [0.15, 0.2) is 24.3 Å². The topological polar surface area (TPSA) is 75.6 Å². The smallest absolute Gasteiger partial charge is 0.303 e. The first-order valence-electron chi connectivity index (χ1n) is 6.76. The summed E-state index contributed by atoms with van der Waals surface area (Å²) in [5.74, 6) is -0.105. The maximum absolute atomic E-state index is 11.4. The lowest BCUT2D eigenvalue weighted by atomic mass is 10.2. The Labute approximate surface area is 118 Å². The first-order valence-corrected chi connectivity index (χ1v) is 6.76. The van der Waals surface area contributed by atoms with Gasteiger partial charge in [0.2, 0.25) is 5.91 Å². The first kappa shape index (κ1) is 16.0. The summed E-state index contributed by atoms with van der Waals surface area (Å²) in [6.45, 7) is 2.91. The van der Waals surface area contributed by atoms with Crippen molar-refractivity contribution in [3.8, 4) is 5.75 Å². The van der Waals surface area contributed by atoms with E-state index < -0.39 is 5.97 Å². The molecule has 0 aromatic heterocycles. The number of aryl methyl sites for hydroxylation is 1. The molecule has 5 heteroatoms. The number of carbonyl (C=O) groups is 2. The van der Waals surface area contributed by atoms with Crippen LogP contribution in [-0.4, -0.2) is 30.1 Å². The maximum atomic E-state index is 11.4. The first-order chi connectivity index (χ1) is 9.58. The molecule has 5 nitrogen and oxygen atoms in total. The van der Waals surface area contributed by atoms with Gasteiger partial charge in [-0.15, -0.1) is 0 Å². The van der Waals surface area contributed by atoms with E-state index in [-0.39, 0.29) is 12.3 Å². The fourth-order valence-electron chi connectivity index (χ4n) is 1.61. The van der Waals surface area contributed by atoms with Crippen LogP contribution in [-0.2, 0) is 9.59 Å². The number of amides is 1. The van der Waals surface area contributed by atoms with Crippen LogP contribution in [0, 0.1) is 6.92 Å². The third-order valence-corrected chi connectivity index (χ3v) is 2.73. The Bertz CT molecular complexity index is 428. The van der Waals surface area contributed by atoms with E-state index in [1.54, 1.807) is 0 Å². The van der Waals surface area contributed by atoms with Gasteiger partial charge in [0.05, 0.1) is 6.61 Å². The van der Waals surface area contributed by atoms with Gasteiger partial charge in [0.25, 0.3) is 0 Å². The predicted octanol–water partition coefficient (Wildman–Crippen LogP) is 2.14. The van der Waals surface area contributed by atoms with Crippen molar-refractivity contribution in [2.45, 2.75) is 32.6 Å². The largest absolute Gasteiger partial charge is 0.494 e. The molecule has 0 atom stereocenters. The lowest BCUT2D eigenvalue weighted by molar-refractivity contribution is -0.137. The Kier molecular flexibility index (Phi) is 7.17. The number of hydrogen-bond donors (Lipinski definition) is 2. The number of benzene rings is 1. The van der Waals surface area contributed by atoms with Crippen molar-refractivity contribution < 1.29 is 19.4 Å². The monoisotopic (exact) mass is 279 g/mol. The second-order valence-corrected chi connectivity index (χ2v) is 4.61. The summed E-state index contributed by atoms with van der Waals surface area (Å²) in [4.78, 5) is 21.7. The number of carbonyl (C=O) groups excluding carboxylic acids is 1. The van der Waals surface area contributed by atoms with E-state index in [9.17, 15) is 9.59 Å². The van der Waals surface area contributed by atoms with E-state index >= 15 is 0 Å². The predicted molar refractivity (Wildman–Crippen MR) is 75.8 cm³/mol. The van der Waals surface area contributed by atoms with E-state index in [1.807, 2.05) is 31.2 Å². The van der Waals surface area contributed by atoms with E-state index in [2.05, 4.69) is 5.32 Å². The normalized spacial score (nSPS) is 10.1. The molecule has 0 spiro atoms. The molecule has 0 unspecified atom stereocenters. The summed E-state index contributed by atoms with van der Waals surface area (Å²) in [5.41, 5.74) is 1.18. The molecule has 20 heavy (non-hydrogen) atoms. The van der Waals surface area contributed by atoms with Gasteiger partial charge >= 0.3 is 5.97 Å². The minimum Gasteiger partial charge on any atom is -0.494 e. The molecule has 2 N–H and O–H groups in total. The molecule has 1 rings (SSSR count). The standard InChI is InChI=1S/C15H21NO4/c1-12-6-8-13(9-7-12)20-11-3-4-14(17)16-10-2-5-15(18)19/h6-9H,2-5,10-11H2,1H3,(H,16,17)(H,18,19). The zero-order valence-electron chi connectivity index (χ0n) is 11.7. The molecule has 0 radical (unpaired) electrons. The lowest BCUT2D eigenvalue weighted by Crippen LogP contribution is -2.25. The van der Waals surface area contributed by atoms with Crippen LogP contribution in [0.1, 0.15) is 31.2 Å². The molecular weight excluding hydrogens is 258 g/mol. The number of carboxylic acids is 1. The van der Waals surface area contributed by atoms with E-state index in [0.29, 0.717) is 32.4 Å². The average molecular weight is 279 g/mol. The fourth-order valence-corrected chi connectivity index (χ4v) is 1.61. The van der Waals surface area contributed by atoms with Gasteiger partial charge in [0.15, 0.2) is 0 Å². The van der Waals surface area contributed by atoms with Crippen LogP contribution in [0.3, 0.4) is 0 Å². The summed E-state index contributed by atoms with van der Waals surface area (Å²) >= 11 is 0. The van der Waals surface area contributed by atoms with Crippen LogP contribution in [0.5, 0.6) is 5.75 Å². The Hall–Kier alpha value is -2.04. The minimum absolute atomic E-state index is 0.0668. The van der Waals surface area contributed by atoms with Gasteiger partial charge in [-0.25, -0.2) is 0 Å². The molecule has 110 valence electrons. The van der Waals surface area contributed by atoms with Crippen LogP contribution >= 0.6 is 0 Å². The van der Waals surface area contributed by atoms with Gasteiger partial charge in [-0.3, -0.25) is 9.59 Å². The molecule has 0 aliphatic heterocycles. The quantitative estimate of drug-likeness (QED) is 0.679. The Balaban J connectivity index is 2.04. The molecule has 1 aromatic rings. The van der Waals surface area contributed by atoms with Crippen LogP contribution in [0.4, 0.5) is 0 Å². The Morgan fingerprint density at radius 2 is 1.85 bits per heavy atom. The zero-order valence-corrected chi connectivity index (χ0v) is 11.7. The maximum Gasteiger partial charge on any atom is 0.303 e. The highest BCUT2D eigenvalue weighted by Gasteiger charge is 2.02. The van der Waals surface area contributed by atoms with E-state index in [1.165, 1.54) is 5.56 Å². The molecule has 0 saturated heterocycles. The van der Waals surface area contributed by atoms with Gasteiger partial charge < -0.3 is 15.2 Å². The van der Waals surface area contributed by atoms with Gasteiger partial charge in [0, 0.05) is 19.4 Å². The molecule has 0 saturated carbocycles. The van der Waals surface area contributed by atoms with Gasteiger partial charge in [-0.05, 0) is 31.9 Å². The number of nitrogens with one attached hydrogen (secondary N) is 1. The highest BCUT2D eigenvalue weighted by Crippen LogP contribution is 2.11. The molecule has 0 bridgehead atoms. The van der Waals surface area contributed by atoms with Crippen molar-refractivity contribution in [3.63, 3.8) is 0 Å². The van der Waals surface area contributed by atoms with Crippen molar-refractivity contribution in [3.05, 3.63) is 29.8 Å². The molecule has 0 aliphatic rings. The summed E-state index contributed by atoms with van der Waals surface area (Å²) in [7, 11) is 0. The molecule has 0 heterocycles. The van der Waals surface area contributed by atoms with Gasteiger partial charge in [-0.2, -0.15) is 0 Å². The zero-order chi connectivity index (χ0) is 14.8. The van der Waals surface area contributed by atoms with Crippen molar-refractivity contribution >= 4 is 11.9 Å². The van der Waals surface area contributed by atoms with Crippen molar-refractivity contribution in [1.29, 1.82) is 0 Å². The Morgan fingerprint density at radius 3 is 2.50 bits per heavy atom. The van der Waals surface area contributed by atoms with E-state index in [4.69, 9.17) is 9.84 Å². The minimum atomic E-state index is -0.842.